The van der Waals surface area contributed by atoms with E-state index in [9.17, 15) is 15.3 Å². The summed E-state index contributed by atoms with van der Waals surface area (Å²) in [6, 6.07) is 19.9. The average Bonchev–Trinajstić information content (AvgIpc) is 2.63. The van der Waals surface area contributed by atoms with Crippen LogP contribution in [0.5, 0.6) is 0 Å². The van der Waals surface area contributed by atoms with Gasteiger partial charge in [-0.15, -0.1) is 0 Å². The smallest absolute Gasteiger partial charge is 0.266 e. The minimum absolute atomic E-state index is 0.0397. The Morgan fingerprint density at radius 3 is 2.21 bits per heavy atom. The first-order valence-electron chi connectivity index (χ1n) is 7.25. The number of rotatable bonds is 2. The first-order chi connectivity index (χ1) is 11.7. The zero-order chi connectivity index (χ0) is 17.1. The third-order valence-electron chi connectivity index (χ3n) is 3.65. The van der Waals surface area contributed by atoms with Gasteiger partial charge in [0.05, 0.1) is 5.69 Å². The van der Waals surface area contributed by atoms with E-state index in [0.29, 0.717) is 11.3 Å². The van der Waals surface area contributed by atoms with Gasteiger partial charge in [-0.3, -0.25) is 4.79 Å². The van der Waals surface area contributed by atoms with Gasteiger partial charge in [-0.25, -0.2) is 0 Å². The minimum atomic E-state index is -0.542. The molecule has 2 aromatic carbocycles. The van der Waals surface area contributed by atoms with Crippen molar-refractivity contribution < 1.29 is 0 Å². The first kappa shape index (κ1) is 15.2. The summed E-state index contributed by atoms with van der Waals surface area (Å²) in [7, 11) is 0. The summed E-state index contributed by atoms with van der Waals surface area (Å²) >= 11 is 0. The lowest BCUT2D eigenvalue weighted by Gasteiger charge is -2.10. The summed E-state index contributed by atoms with van der Waals surface area (Å²) in [5, 5.41) is 23.1. The molecule has 114 valence electrons. The maximum absolute atomic E-state index is 12.7. The van der Waals surface area contributed by atoms with Crippen LogP contribution in [0, 0.1) is 29.6 Å². The van der Waals surface area contributed by atoms with Crippen molar-refractivity contribution in [2.75, 3.05) is 0 Å². The Morgan fingerprint density at radius 1 is 0.958 bits per heavy atom. The largest absolute Gasteiger partial charge is 0.290 e. The quantitative estimate of drug-likeness (QED) is 0.728. The molecule has 0 fully saturated rings. The fraction of sp³-hybridized carbons (Fsp3) is 0.0526. The molecule has 3 rings (SSSR count). The first-order valence-corrected chi connectivity index (χ1v) is 7.25. The van der Waals surface area contributed by atoms with E-state index in [1.165, 1.54) is 0 Å². The van der Waals surface area contributed by atoms with E-state index in [2.05, 4.69) is 5.10 Å². The van der Waals surface area contributed by atoms with Crippen molar-refractivity contribution in [1.82, 2.24) is 9.78 Å². The second kappa shape index (κ2) is 6.20. The Balaban J connectivity index is 2.34. The maximum Gasteiger partial charge on any atom is 0.290 e. The van der Waals surface area contributed by atoms with Crippen LogP contribution in [0.3, 0.4) is 0 Å². The molecule has 1 aromatic heterocycles. The minimum Gasteiger partial charge on any atom is -0.266 e. The lowest BCUT2D eigenvalue weighted by Crippen LogP contribution is -2.26. The molecule has 0 bridgehead atoms. The van der Waals surface area contributed by atoms with Gasteiger partial charge in [0.25, 0.3) is 5.56 Å². The van der Waals surface area contributed by atoms with Gasteiger partial charge in [0, 0.05) is 5.56 Å². The lowest BCUT2D eigenvalue weighted by atomic mass is 10.00. The molecule has 1 heterocycles. The van der Waals surface area contributed by atoms with Crippen LogP contribution < -0.4 is 5.56 Å². The Labute approximate surface area is 138 Å². The van der Waals surface area contributed by atoms with E-state index in [1.807, 2.05) is 37.3 Å². The van der Waals surface area contributed by atoms with Gasteiger partial charge in [0.1, 0.15) is 17.7 Å². The number of aryl methyl sites for hydroxylation is 1. The van der Waals surface area contributed by atoms with Gasteiger partial charge >= 0.3 is 0 Å². The van der Waals surface area contributed by atoms with Crippen molar-refractivity contribution in [1.29, 1.82) is 10.5 Å². The van der Waals surface area contributed by atoms with Crippen LogP contribution in [0.2, 0.25) is 0 Å². The molecule has 0 saturated carbocycles. The molecule has 5 nitrogen and oxygen atoms in total. The van der Waals surface area contributed by atoms with Crippen LogP contribution in [0.4, 0.5) is 0 Å². The van der Waals surface area contributed by atoms with Crippen molar-refractivity contribution in [2.45, 2.75) is 6.92 Å². The predicted molar refractivity (Wildman–Crippen MR) is 89.4 cm³/mol. The second-order valence-electron chi connectivity index (χ2n) is 5.24. The van der Waals surface area contributed by atoms with Gasteiger partial charge in [0.15, 0.2) is 5.69 Å². The van der Waals surface area contributed by atoms with Crippen LogP contribution >= 0.6 is 0 Å². The summed E-state index contributed by atoms with van der Waals surface area (Å²) in [6.45, 7) is 1.93. The summed E-state index contributed by atoms with van der Waals surface area (Å²) in [4.78, 5) is 12.7. The zero-order valence-corrected chi connectivity index (χ0v) is 12.9. The molecule has 0 saturated heterocycles. The molecule has 5 heteroatoms. The zero-order valence-electron chi connectivity index (χ0n) is 12.9. The van der Waals surface area contributed by atoms with Crippen LogP contribution in [0.15, 0.2) is 59.4 Å². The average molecular weight is 312 g/mol. The number of nitriles is 2. The molecule has 0 amide bonds. The highest BCUT2D eigenvalue weighted by Gasteiger charge is 2.19. The number of hydrogen-bond acceptors (Lipinski definition) is 4. The van der Waals surface area contributed by atoms with Gasteiger partial charge in [-0.2, -0.15) is 20.3 Å². The number of hydrogen-bond donors (Lipinski definition) is 0. The van der Waals surface area contributed by atoms with Gasteiger partial charge in [-0.1, -0.05) is 48.0 Å². The molecule has 0 aliphatic heterocycles. The molecule has 0 aliphatic carbocycles. The van der Waals surface area contributed by atoms with Crippen LogP contribution in [0.1, 0.15) is 16.8 Å². The third kappa shape index (κ3) is 2.55. The molecule has 0 N–H and O–H groups in total. The van der Waals surface area contributed by atoms with Crippen molar-refractivity contribution in [3.05, 3.63) is 81.8 Å². The molecular weight excluding hydrogens is 300 g/mol. The Hall–Kier alpha value is -3.70. The molecule has 0 radical (unpaired) electrons. The van der Waals surface area contributed by atoms with Crippen LogP contribution in [0.25, 0.3) is 16.8 Å². The number of nitrogens with zero attached hydrogens (tertiary/aromatic N) is 4. The molecule has 3 aromatic rings. The fourth-order valence-corrected chi connectivity index (χ4v) is 2.46. The van der Waals surface area contributed by atoms with Crippen LogP contribution in [-0.4, -0.2) is 9.78 Å². The SMILES string of the molecule is Cc1ccc(-n2nc(C#N)c(-c3ccccc3)c(C#N)c2=O)cc1. The van der Waals surface area contributed by atoms with Gasteiger partial charge in [0.2, 0.25) is 0 Å². The summed E-state index contributed by atoms with van der Waals surface area (Å²) in [6.07, 6.45) is 0. The Kier molecular flexibility index (Phi) is 3.93. The normalized spacial score (nSPS) is 9.96. The highest BCUT2D eigenvalue weighted by molar-refractivity contribution is 5.74. The Morgan fingerprint density at radius 2 is 1.62 bits per heavy atom. The van der Waals surface area contributed by atoms with Crippen molar-refractivity contribution in [2.24, 2.45) is 0 Å². The van der Waals surface area contributed by atoms with Gasteiger partial charge < -0.3 is 0 Å². The molecule has 0 aliphatic rings. The molecule has 24 heavy (non-hydrogen) atoms. The summed E-state index contributed by atoms with van der Waals surface area (Å²) in [5.41, 5.74) is 1.85. The topological polar surface area (TPSA) is 82.5 Å². The summed E-state index contributed by atoms with van der Waals surface area (Å²) in [5.74, 6) is 0. The second-order valence-corrected chi connectivity index (χ2v) is 5.24. The van der Waals surface area contributed by atoms with Crippen LogP contribution in [-0.2, 0) is 0 Å². The summed E-state index contributed by atoms with van der Waals surface area (Å²) < 4.78 is 1.10. The van der Waals surface area contributed by atoms with Crippen molar-refractivity contribution in [3.8, 4) is 29.0 Å². The lowest BCUT2D eigenvalue weighted by molar-refractivity contribution is 0.795. The monoisotopic (exact) mass is 312 g/mol. The van der Waals surface area contributed by atoms with E-state index >= 15 is 0 Å². The number of aromatic nitrogens is 2. The maximum atomic E-state index is 12.7. The molecular formula is C19H12N4O. The number of benzene rings is 2. The highest BCUT2D eigenvalue weighted by Crippen LogP contribution is 2.24. The third-order valence-corrected chi connectivity index (χ3v) is 3.65. The van der Waals surface area contributed by atoms with E-state index in [0.717, 1.165) is 10.2 Å². The highest BCUT2D eigenvalue weighted by atomic mass is 16.1. The van der Waals surface area contributed by atoms with E-state index in [1.54, 1.807) is 36.4 Å². The van der Waals surface area contributed by atoms with E-state index < -0.39 is 5.56 Å². The molecule has 0 spiro atoms. The Bertz CT molecular complexity index is 1040. The van der Waals surface area contributed by atoms with Crippen molar-refractivity contribution >= 4 is 0 Å². The fourth-order valence-electron chi connectivity index (χ4n) is 2.46. The van der Waals surface area contributed by atoms with E-state index in [-0.39, 0.29) is 16.8 Å². The standard InChI is InChI=1S/C19H12N4O/c1-13-7-9-15(10-8-13)23-19(24)16(11-20)18(17(12-21)22-23)14-5-3-2-4-6-14/h2-10H,1H3. The van der Waals surface area contributed by atoms with Gasteiger partial charge in [-0.05, 0) is 24.6 Å². The molecule has 0 atom stereocenters. The van der Waals surface area contributed by atoms with Crippen molar-refractivity contribution in [3.63, 3.8) is 0 Å². The predicted octanol–water partition coefficient (Wildman–Crippen LogP) is 2.95. The van der Waals surface area contributed by atoms with E-state index in [4.69, 9.17) is 0 Å². The molecule has 0 unspecified atom stereocenters.